The highest BCUT2D eigenvalue weighted by molar-refractivity contribution is 7.99. The van der Waals surface area contributed by atoms with Crippen LogP contribution in [0.3, 0.4) is 0 Å². The van der Waals surface area contributed by atoms with Gasteiger partial charge in [0, 0.05) is 13.1 Å². The third-order valence-electron chi connectivity index (χ3n) is 4.47. The van der Waals surface area contributed by atoms with Gasteiger partial charge >= 0.3 is 0 Å². The maximum absolute atomic E-state index is 12.4. The fraction of sp³-hybridized carbons (Fsp3) is 0.389. The molecule has 2 aromatic heterocycles. The Balaban J connectivity index is 1.66. The first-order valence-electron chi connectivity index (χ1n) is 8.37. The SMILES string of the molecule is Cc1ccc2cc(C)c3nnc(SCC(=O)N4CCOCC4)n3c2c1. The van der Waals surface area contributed by atoms with Crippen molar-refractivity contribution in [2.24, 2.45) is 0 Å². The standard InChI is InChI=1S/C18H20N4O2S/c1-12-3-4-14-10-13(2)17-19-20-18(22(17)15(14)9-12)25-11-16(23)21-5-7-24-8-6-21/h3-4,9-10H,5-8,11H2,1-2H3. The van der Waals surface area contributed by atoms with Gasteiger partial charge in [0.1, 0.15) is 0 Å². The lowest BCUT2D eigenvalue weighted by atomic mass is 10.1. The second-order valence-electron chi connectivity index (χ2n) is 6.31. The van der Waals surface area contributed by atoms with Crippen molar-refractivity contribution in [2.45, 2.75) is 19.0 Å². The summed E-state index contributed by atoms with van der Waals surface area (Å²) in [4.78, 5) is 14.3. The first-order chi connectivity index (χ1) is 12.1. The average Bonchev–Trinajstić information content (AvgIpc) is 3.06. The van der Waals surface area contributed by atoms with Crippen molar-refractivity contribution in [3.05, 3.63) is 35.4 Å². The lowest BCUT2D eigenvalue weighted by molar-refractivity contribution is -0.132. The molecule has 7 heteroatoms. The molecule has 0 saturated carbocycles. The number of ether oxygens (including phenoxy) is 1. The number of thioether (sulfide) groups is 1. The molecular formula is C18H20N4O2S. The molecule has 1 fully saturated rings. The molecule has 1 aromatic carbocycles. The van der Waals surface area contributed by atoms with Crippen LogP contribution in [-0.4, -0.2) is 57.5 Å². The minimum atomic E-state index is 0.123. The molecule has 1 saturated heterocycles. The van der Waals surface area contributed by atoms with Gasteiger partial charge in [0.05, 0.1) is 24.5 Å². The summed E-state index contributed by atoms with van der Waals surface area (Å²) >= 11 is 1.45. The Bertz CT molecular complexity index is 947. The van der Waals surface area contributed by atoms with Crippen LogP contribution in [0.15, 0.2) is 29.4 Å². The number of aromatic nitrogens is 3. The molecule has 3 aromatic rings. The smallest absolute Gasteiger partial charge is 0.233 e. The Morgan fingerprint density at radius 2 is 2.00 bits per heavy atom. The summed E-state index contributed by atoms with van der Waals surface area (Å²) in [6, 6.07) is 8.49. The van der Waals surface area contributed by atoms with Crippen molar-refractivity contribution in [2.75, 3.05) is 32.1 Å². The van der Waals surface area contributed by atoms with Crippen molar-refractivity contribution in [3.63, 3.8) is 0 Å². The van der Waals surface area contributed by atoms with Gasteiger partial charge in [-0.2, -0.15) is 0 Å². The number of fused-ring (bicyclic) bond motifs is 3. The van der Waals surface area contributed by atoms with Crippen molar-refractivity contribution in [1.29, 1.82) is 0 Å². The highest BCUT2D eigenvalue weighted by Crippen LogP contribution is 2.26. The number of rotatable bonds is 3. The summed E-state index contributed by atoms with van der Waals surface area (Å²) in [5.74, 6) is 0.486. The molecule has 0 bridgehead atoms. The summed E-state index contributed by atoms with van der Waals surface area (Å²) in [6.07, 6.45) is 0. The van der Waals surface area contributed by atoms with Crippen LogP contribution >= 0.6 is 11.8 Å². The number of nitrogens with zero attached hydrogens (tertiary/aromatic N) is 4. The maximum Gasteiger partial charge on any atom is 0.233 e. The zero-order valence-electron chi connectivity index (χ0n) is 14.4. The van der Waals surface area contributed by atoms with Crippen LogP contribution in [0, 0.1) is 13.8 Å². The lowest BCUT2D eigenvalue weighted by Gasteiger charge is -2.26. The zero-order chi connectivity index (χ0) is 17.4. The van der Waals surface area contributed by atoms with E-state index in [9.17, 15) is 4.79 Å². The van der Waals surface area contributed by atoms with E-state index in [1.165, 1.54) is 17.3 Å². The van der Waals surface area contributed by atoms with Crippen molar-refractivity contribution < 1.29 is 9.53 Å². The maximum atomic E-state index is 12.4. The second kappa shape index (κ2) is 6.65. The fourth-order valence-electron chi connectivity index (χ4n) is 3.13. The van der Waals surface area contributed by atoms with Crippen LogP contribution in [0.4, 0.5) is 0 Å². The monoisotopic (exact) mass is 356 g/mol. The molecule has 25 heavy (non-hydrogen) atoms. The molecule has 4 rings (SSSR count). The Kier molecular flexibility index (Phi) is 4.35. The van der Waals surface area contributed by atoms with Crippen LogP contribution in [0.5, 0.6) is 0 Å². The second-order valence-corrected chi connectivity index (χ2v) is 7.26. The molecule has 0 unspecified atom stereocenters. The largest absolute Gasteiger partial charge is 0.378 e. The van der Waals surface area contributed by atoms with Gasteiger partial charge in [-0.1, -0.05) is 23.9 Å². The number of carbonyl (C=O) groups excluding carboxylic acids is 1. The summed E-state index contributed by atoms with van der Waals surface area (Å²) in [6.45, 7) is 6.68. The normalized spacial score (nSPS) is 15.2. The molecule has 1 amide bonds. The quantitative estimate of drug-likeness (QED) is 0.675. The fourth-order valence-corrected chi connectivity index (χ4v) is 3.98. The summed E-state index contributed by atoms with van der Waals surface area (Å²) in [7, 11) is 0. The molecule has 0 spiro atoms. The molecule has 130 valence electrons. The minimum Gasteiger partial charge on any atom is -0.378 e. The highest BCUT2D eigenvalue weighted by atomic mass is 32.2. The van der Waals surface area contributed by atoms with E-state index in [0.29, 0.717) is 32.1 Å². The predicted octanol–water partition coefficient (Wildman–Crippen LogP) is 2.45. The number of aryl methyl sites for hydroxylation is 2. The third kappa shape index (κ3) is 3.09. The molecule has 0 aliphatic carbocycles. The van der Waals surface area contributed by atoms with Gasteiger partial charge in [0.25, 0.3) is 0 Å². The van der Waals surface area contributed by atoms with E-state index in [1.54, 1.807) is 0 Å². The lowest BCUT2D eigenvalue weighted by Crippen LogP contribution is -2.41. The van der Waals surface area contributed by atoms with Gasteiger partial charge < -0.3 is 9.64 Å². The molecule has 1 aliphatic rings. The van der Waals surface area contributed by atoms with Gasteiger partial charge in [-0.25, -0.2) is 0 Å². The van der Waals surface area contributed by atoms with E-state index in [0.717, 1.165) is 27.3 Å². The first-order valence-corrected chi connectivity index (χ1v) is 9.35. The number of hydrogen-bond acceptors (Lipinski definition) is 5. The third-order valence-corrected chi connectivity index (χ3v) is 5.39. The van der Waals surface area contributed by atoms with E-state index < -0.39 is 0 Å². The first kappa shape index (κ1) is 16.4. The molecule has 0 atom stereocenters. The molecule has 1 aliphatic heterocycles. The van der Waals surface area contributed by atoms with Gasteiger partial charge in [-0.05, 0) is 42.5 Å². The van der Waals surface area contributed by atoms with E-state index >= 15 is 0 Å². The summed E-state index contributed by atoms with van der Waals surface area (Å²) in [5.41, 5.74) is 4.19. The summed E-state index contributed by atoms with van der Waals surface area (Å²) in [5, 5.41) is 10.6. The van der Waals surface area contributed by atoms with Crippen LogP contribution in [0.2, 0.25) is 0 Å². The summed E-state index contributed by atoms with van der Waals surface area (Å²) < 4.78 is 7.37. The Morgan fingerprint density at radius 1 is 1.20 bits per heavy atom. The van der Waals surface area contributed by atoms with Crippen LogP contribution in [-0.2, 0) is 9.53 Å². The average molecular weight is 356 g/mol. The Labute approximate surface area is 150 Å². The molecule has 3 heterocycles. The van der Waals surface area contributed by atoms with Crippen molar-refractivity contribution in [1.82, 2.24) is 19.5 Å². The van der Waals surface area contributed by atoms with Crippen molar-refractivity contribution >= 4 is 34.2 Å². The van der Waals surface area contributed by atoms with Gasteiger partial charge in [-0.3, -0.25) is 9.20 Å². The number of hydrogen-bond donors (Lipinski definition) is 0. The van der Waals surface area contributed by atoms with Gasteiger partial charge in [-0.15, -0.1) is 10.2 Å². The number of carbonyl (C=O) groups is 1. The Morgan fingerprint density at radius 3 is 2.80 bits per heavy atom. The molecular weight excluding hydrogens is 336 g/mol. The van der Waals surface area contributed by atoms with Gasteiger partial charge in [0.2, 0.25) is 5.91 Å². The molecule has 0 radical (unpaired) electrons. The number of amides is 1. The molecule has 0 N–H and O–H groups in total. The Hall–Kier alpha value is -2.12. The topological polar surface area (TPSA) is 59.7 Å². The number of morpholine rings is 1. The van der Waals surface area contributed by atoms with E-state index in [-0.39, 0.29) is 5.91 Å². The number of benzene rings is 1. The zero-order valence-corrected chi connectivity index (χ0v) is 15.2. The van der Waals surface area contributed by atoms with Crippen LogP contribution in [0.1, 0.15) is 11.1 Å². The highest BCUT2D eigenvalue weighted by Gasteiger charge is 2.19. The van der Waals surface area contributed by atoms with E-state index in [4.69, 9.17) is 4.74 Å². The predicted molar refractivity (Wildman–Crippen MR) is 98.1 cm³/mol. The van der Waals surface area contributed by atoms with E-state index in [1.807, 2.05) is 11.8 Å². The van der Waals surface area contributed by atoms with Crippen molar-refractivity contribution in [3.8, 4) is 0 Å². The van der Waals surface area contributed by atoms with E-state index in [2.05, 4.69) is 45.8 Å². The van der Waals surface area contributed by atoms with Crippen LogP contribution < -0.4 is 0 Å². The minimum absolute atomic E-state index is 0.123. The number of pyridine rings is 1. The van der Waals surface area contributed by atoms with Crippen LogP contribution in [0.25, 0.3) is 16.6 Å². The molecule has 6 nitrogen and oxygen atoms in total. The van der Waals surface area contributed by atoms with Gasteiger partial charge in [0.15, 0.2) is 10.8 Å².